The number of hydrogen-bond donors (Lipinski definition) is 1. The number of amides is 1. The number of hydrogen-bond acceptors (Lipinski definition) is 3. The smallest absolute Gasteiger partial charge is 0.312 e. The summed E-state index contributed by atoms with van der Waals surface area (Å²) in [5.74, 6) is -0.152. The topological polar surface area (TPSA) is 47.8 Å². The summed E-state index contributed by atoms with van der Waals surface area (Å²) in [4.78, 5) is 13.8. The van der Waals surface area contributed by atoms with Crippen LogP contribution in [0.3, 0.4) is 0 Å². The Labute approximate surface area is 150 Å². The summed E-state index contributed by atoms with van der Waals surface area (Å²) in [6, 6.07) is 0. The molecule has 0 fully saturated rings. The summed E-state index contributed by atoms with van der Waals surface area (Å²) in [6.45, 7) is 3.54. The van der Waals surface area contributed by atoms with Gasteiger partial charge in [-0.1, -0.05) is 77.6 Å². The summed E-state index contributed by atoms with van der Waals surface area (Å²) < 4.78 is 0. The SMILES string of the molecule is CCCCCCCCCCCCCCC(=O)[NH+]([O-])CCCN(C)C. The number of carbonyl (C=O) groups is 1. The van der Waals surface area contributed by atoms with Gasteiger partial charge in [-0.3, -0.25) is 0 Å². The second-order valence-corrected chi connectivity index (χ2v) is 7.39. The van der Waals surface area contributed by atoms with E-state index in [4.69, 9.17) is 0 Å². The van der Waals surface area contributed by atoms with Gasteiger partial charge in [0.1, 0.15) is 0 Å². The summed E-state index contributed by atoms with van der Waals surface area (Å²) >= 11 is 0. The number of unbranched alkanes of at least 4 members (excludes halogenated alkanes) is 11. The third-order valence-electron chi connectivity index (χ3n) is 4.58. The highest BCUT2D eigenvalue weighted by atomic mass is 16.5. The highest BCUT2D eigenvalue weighted by molar-refractivity contribution is 5.66. The average Bonchev–Trinajstić information content (AvgIpc) is 2.55. The molecule has 0 saturated heterocycles. The number of rotatable bonds is 17. The molecule has 1 N–H and O–H groups in total. The summed E-state index contributed by atoms with van der Waals surface area (Å²) in [7, 11) is 3.97. The molecule has 0 bridgehead atoms. The molecule has 1 unspecified atom stereocenters. The van der Waals surface area contributed by atoms with Crippen molar-refractivity contribution in [1.29, 1.82) is 0 Å². The molecule has 0 heterocycles. The van der Waals surface area contributed by atoms with Crippen molar-refractivity contribution in [2.24, 2.45) is 0 Å². The maximum atomic E-state index is 11.7. The standard InChI is InChI=1S/C20H42N2O2/c1-4-5-6-7-8-9-10-11-12-13-14-15-17-20(23)22(24)19-16-18-21(2)3/h22H,4-19H2,1-3H3. The van der Waals surface area contributed by atoms with E-state index in [1.54, 1.807) is 0 Å². The Bertz CT molecular complexity index is 283. The molecule has 4 nitrogen and oxygen atoms in total. The molecule has 0 aliphatic heterocycles. The Kier molecular flexibility index (Phi) is 17.0. The molecule has 0 rings (SSSR count). The summed E-state index contributed by atoms with van der Waals surface area (Å²) in [5, 5.41) is 11.5. The number of nitrogens with one attached hydrogen (secondary N) is 1. The zero-order chi connectivity index (χ0) is 18.0. The molecule has 0 aromatic heterocycles. The monoisotopic (exact) mass is 342 g/mol. The number of hydroxylamine groups is 2. The van der Waals surface area contributed by atoms with Crippen molar-refractivity contribution in [3.63, 3.8) is 0 Å². The van der Waals surface area contributed by atoms with Gasteiger partial charge in [0, 0.05) is 13.0 Å². The van der Waals surface area contributed by atoms with Crippen LogP contribution < -0.4 is 5.06 Å². The van der Waals surface area contributed by atoms with Gasteiger partial charge in [0.25, 0.3) is 0 Å². The first-order valence-corrected chi connectivity index (χ1v) is 10.3. The summed E-state index contributed by atoms with van der Waals surface area (Å²) in [6.07, 6.45) is 16.7. The molecule has 1 atom stereocenters. The second-order valence-electron chi connectivity index (χ2n) is 7.39. The van der Waals surface area contributed by atoms with Gasteiger partial charge in [-0.25, -0.2) is 4.79 Å². The minimum Gasteiger partial charge on any atom is -0.627 e. The number of quaternary nitrogens is 1. The zero-order valence-corrected chi connectivity index (χ0v) is 16.6. The minimum absolute atomic E-state index is 0.152. The highest BCUT2D eigenvalue weighted by Crippen LogP contribution is 2.12. The molecule has 0 spiro atoms. The lowest BCUT2D eigenvalue weighted by atomic mass is 10.0. The van der Waals surface area contributed by atoms with Crippen molar-refractivity contribution in [1.82, 2.24) is 4.90 Å². The van der Waals surface area contributed by atoms with Crippen molar-refractivity contribution in [2.45, 2.75) is 96.8 Å². The Hall–Kier alpha value is -0.450. The largest absolute Gasteiger partial charge is 0.627 e. The lowest BCUT2D eigenvalue weighted by Crippen LogP contribution is -3.10. The van der Waals surface area contributed by atoms with E-state index in [0.717, 1.165) is 25.8 Å². The molecule has 0 aromatic carbocycles. The van der Waals surface area contributed by atoms with Gasteiger partial charge in [-0.05, 0) is 20.5 Å². The van der Waals surface area contributed by atoms with Gasteiger partial charge in [0.2, 0.25) is 0 Å². The van der Waals surface area contributed by atoms with Crippen LogP contribution in [0.1, 0.15) is 96.8 Å². The fourth-order valence-electron chi connectivity index (χ4n) is 2.96. The Morgan fingerprint density at radius 3 is 1.71 bits per heavy atom. The van der Waals surface area contributed by atoms with Gasteiger partial charge in [0.05, 0.1) is 13.0 Å². The van der Waals surface area contributed by atoms with Crippen LogP contribution in [0.4, 0.5) is 0 Å². The van der Waals surface area contributed by atoms with E-state index < -0.39 is 0 Å². The molecular weight excluding hydrogens is 300 g/mol. The first-order valence-electron chi connectivity index (χ1n) is 10.3. The van der Waals surface area contributed by atoms with E-state index >= 15 is 0 Å². The predicted octanol–water partition coefficient (Wildman–Crippen LogP) is 3.94. The van der Waals surface area contributed by atoms with Gasteiger partial charge in [-0.2, -0.15) is 0 Å². The van der Waals surface area contributed by atoms with Gasteiger partial charge in [-0.15, -0.1) is 0 Å². The minimum atomic E-state index is -0.167. The predicted molar refractivity (Wildman–Crippen MR) is 103 cm³/mol. The van der Waals surface area contributed by atoms with Crippen molar-refractivity contribution in [2.75, 3.05) is 27.2 Å². The fraction of sp³-hybridized carbons (Fsp3) is 0.950. The van der Waals surface area contributed by atoms with Crippen LogP contribution in [0.5, 0.6) is 0 Å². The fourth-order valence-corrected chi connectivity index (χ4v) is 2.96. The molecule has 144 valence electrons. The van der Waals surface area contributed by atoms with E-state index in [2.05, 4.69) is 6.92 Å². The Morgan fingerprint density at radius 2 is 1.25 bits per heavy atom. The second kappa shape index (κ2) is 17.4. The molecule has 0 aliphatic rings. The molecule has 0 aromatic rings. The van der Waals surface area contributed by atoms with E-state index in [9.17, 15) is 10.0 Å². The molecule has 0 saturated carbocycles. The Balaban J connectivity index is 3.29. The molecular formula is C20H42N2O2. The van der Waals surface area contributed by atoms with Crippen LogP contribution >= 0.6 is 0 Å². The Morgan fingerprint density at radius 1 is 0.792 bits per heavy atom. The molecule has 0 radical (unpaired) electrons. The summed E-state index contributed by atoms with van der Waals surface area (Å²) in [5.41, 5.74) is 0. The molecule has 0 aliphatic carbocycles. The van der Waals surface area contributed by atoms with Crippen molar-refractivity contribution in [3.8, 4) is 0 Å². The third-order valence-corrected chi connectivity index (χ3v) is 4.58. The van der Waals surface area contributed by atoms with Crippen LogP contribution in [-0.4, -0.2) is 38.0 Å². The lowest BCUT2D eigenvalue weighted by molar-refractivity contribution is -0.765. The van der Waals surface area contributed by atoms with Gasteiger partial charge < -0.3 is 15.2 Å². The third kappa shape index (κ3) is 16.4. The molecule has 4 heteroatoms. The van der Waals surface area contributed by atoms with Gasteiger partial charge >= 0.3 is 5.91 Å². The number of carbonyl (C=O) groups excluding carboxylic acids is 1. The van der Waals surface area contributed by atoms with E-state index in [1.165, 1.54) is 64.2 Å². The first-order chi connectivity index (χ1) is 11.6. The number of nitrogens with zero attached hydrogens (tertiary/aromatic N) is 1. The van der Waals surface area contributed by atoms with Crippen LogP contribution in [0.2, 0.25) is 0 Å². The zero-order valence-electron chi connectivity index (χ0n) is 16.6. The van der Waals surface area contributed by atoms with Crippen molar-refractivity contribution in [3.05, 3.63) is 5.21 Å². The van der Waals surface area contributed by atoms with Crippen molar-refractivity contribution < 1.29 is 9.86 Å². The van der Waals surface area contributed by atoms with Crippen LogP contribution in [0.25, 0.3) is 0 Å². The molecule has 1 amide bonds. The van der Waals surface area contributed by atoms with Crippen LogP contribution in [0, 0.1) is 5.21 Å². The van der Waals surface area contributed by atoms with E-state index in [1.807, 2.05) is 19.0 Å². The first kappa shape index (κ1) is 23.5. The molecule has 24 heavy (non-hydrogen) atoms. The van der Waals surface area contributed by atoms with Crippen LogP contribution in [0.15, 0.2) is 0 Å². The van der Waals surface area contributed by atoms with Crippen LogP contribution in [-0.2, 0) is 4.79 Å². The maximum absolute atomic E-state index is 11.7. The maximum Gasteiger partial charge on any atom is 0.312 e. The normalized spacial score (nSPS) is 12.7. The highest BCUT2D eigenvalue weighted by Gasteiger charge is 2.10. The van der Waals surface area contributed by atoms with Gasteiger partial charge in [0.15, 0.2) is 0 Å². The van der Waals surface area contributed by atoms with Crippen molar-refractivity contribution >= 4 is 5.91 Å². The van der Waals surface area contributed by atoms with E-state index in [0.29, 0.717) is 13.0 Å². The quantitative estimate of drug-likeness (QED) is 0.322. The van der Waals surface area contributed by atoms with E-state index in [-0.39, 0.29) is 11.0 Å². The lowest BCUT2D eigenvalue weighted by Gasteiger charge is -2.20. The average molecular weight is 343 g/mol.